The first kappa shape index (κ1) is 23.8. The summed E-state index contributed by atoms with van der Waals surface area (Å²) in [7, 11) is 1.70. The average Bonchev–Trinajstić information content (AvgIpc) is 3.04. The molecule has 0 aromatic carbocycles. The summed E-state index contributed by atoms with van der Waals surface area (Å²) < 4.78 is 11.2. The van der Waals surface area contributed by atoms with Crippen LogP contribution < -0.4 is 0 Å². The molecule has 0 aromatic rings. The first-order valence-electron chi connectivity index (χ1n) is 8.78. The number of allylic oxidation sites excluding steroid dienone is 5. The van der Waals surface area contributed by atoms with Crippen molar-refractivity contribution in [2.45, 2.75) is 46.5 Å². The van der Waals surface area contributed by atoms with Gasteiger partial charge in [0.15, 0.2) is 0 Å². The molecular formula is C20H28BrIO3S. The summed E-state index contributed by atoms with van der Waals surface area (Å²) in [6.07, 6.45) is 5.26. The molecule has 0 radical (unpaired) electrons. The van der Waals surface area contributed by atoms with Crippen molar-refractivity contribution in [3.05, 3.63) is 46.3 Å². The molecule has 146 valence electrons. The summed E-state index contributed by atoms with van der Waals surface area (Å²) in [5, 5.41) is 0.860. The number of alkyl halides is 1. The Balaban J connectivity index is 3.20. The summed E-state index contributed by atoms with van der Waals surface area (Å²) in [6, 6.07) is 0. The minimum absolute atomic E-state index is 0.234. The number of ether oxygens (including phenoxy) is 2. The molecule has 1 fully saturated rings. The van der Waals surface area contributed by atoms with E-state index < -0.39 is 0 Å². The average molecular weight is 555 g/mol. The van der Waals surface area contributed by atoms with Gasteiger partial charge < -0.3 is 9.47 Å². The fourth-order valence-corrected chi connectivity index (χ4v) is 3.75. The Morgan fingerprint density at radius 1 is 1.46 bits per heavy atom. The van der Waals surface area contributed by atoms with Crippen molar-refractivity contribution in [1.29, 1.82) is 0 Å². The van der Waals surface area contributed by atoms with Crippen LogP contribution >= 0.6 is 46.1 Å². The fraction of sp³-hybridized carbons (Fsp3) is 0.550. The smallest absolute Gasteiger partial charge is 0.337 e. The maximum atomic E-state index is 12.1. The Morgan fingerprint density at radius 2 is 2.19 bits per heavy atom. The summed E-state index contributed by atoms with van der Waals surface area (Å²) in [5.74, 6) is 1.42. The Labute approximate surface area is 182 Å². The lowest BCUT2D eigenvalue weighted by Crippen LogP contribution is -2.07. The Hall–Kier alpha value is -0.210. The van der Waals surface area contributed by atoms with E-state index in [9.17, 15) is 4.79 Å². The van der Waals surface area contributed by atoms with Crippen molar-refractivity contribution in [2.75, 3.05) is 24.3 Å². The highest BCUT2D eigenvalue weighted by molar-refractivity contribution is 14.2. The van der Waals surface area contributed by atoms with Crippen molar-refractivity contribution in [3.63, 3.8) is 0 Å². The van der Waals surface area contributed by atoms with Crippen LogP contribution in [0, 0.1) is 0 Å². The minimum atomic E-state index is -0.234. The SMILES string of the molecule is C=C(C)/C(CC)=C(/C/C=C(\C)CBr)C/C(OCCSI)=C1\CCOC1=O. The molecule has 3 nitrogen and oxygen atoms in total. The first-order valence-corrected chi connectivity index (χ1v) is 13.4. The molecule has 1 heterocycles. The van der Waals surface area contributed by atoms with Crippen LogP contribution in [-0.4, -0.2) is 30.3 Å². The molecule has 0 saturated carbocycles. The van der Waals surface area contributed by atoms with Crippen LogP contribution in [0.4, 0.5) is 0 Å². The van der Waals surface area contributed by atoms with E-state index in [0.29, 0.717) is 31.6 Å². The topological polar surface area (TPSA) is 35.5 Å². The van der Waals surface area contributed by atoms with Gasteiger partial charge in [0.25, 0.3) is 0 Å². The standard InChI is InChI=1S/C20H28BrIO3S/c1-5-17(14(2)3)16(7-6-15(4)13-21)12-19(24-10-11-26-22)18-8-9-25-20(18)23/h6H,2,5,7-13H2,1,3-4H3/b15-6+,17-16-,19-18-. The van der Waals surface area contributed by atoms with Gasteiger partial charge in [-0.2, -0.15) is 0 Å². The number of esters is 1. The third-order valence-electron chi connectivity index (χ3n) is 4.18. The lowest BCUT2D eigenvalue weighted by Gasteiger charge is -2.18. The van der Waals surface area contributed by atoms with Gasteiger partial charge in [-0.05, 0) is 53.5 Å². The number of hydrogen-bond acceptors (Lipinski definition) is 4. The van der Waals surface area contributed by atoms with Gasteiger partial charge in [-0.1, -0.05) is 61.2 Å². The predicted molar refractivity (Wildman–Crippen MR) is 124 cm³/mol. The van der Waals surface area contributed by atoms with Gasteiger partial charge in [0.2, 0.25) is 0 Å². The third kappa shape index (κ3) is 7.80. The van der Waals surface area contributed by atoms with Crippen molar-refractivity contribution in [3.8, 4) is 0 Å². The van der Waals surface area contributed by atoms with Gasteiger partial charge in [-0.25, -0.2) is 4.79 Å². The van der Waals surface area contributed by atoms with E-state index in [-0.39, 0.29) is 5.97 Å². The molecule has 6 heteroatoms. The molecular weight excluding hydrogens is 527 g/mol. The normalized spacial score (nSPS) is 17.7. The highest BCUT2D eigenvalue weighted by Gasteiger charge is 2.25. The largest absolute Gasteiger partial charge is 0.496 e. The van der Waals surface area contributed by atoms with Crippen molar-refractivity contribution < 1.29 is 14.3 Å². The second-order valence-corrected chi connectivity index (χ2v) is 9.29. The molecule has 0 N–H and O–H groups in total. The minimum Gasteiger partial charge on any atom is -0.496 e. The van der Waals surface area contributed by atoms with Crippen LogP contribution in [0.15, 0.2) is 46.3 Å². The molecule has 0 bridgehead atoms. The zero-order chi connectivity index (χ0) is 19.5. The summed E-state index contributed by atoms with van der Waals surface area (Å²) in [5.41, 5.74) is 5.59. The number of halogens is 2. The van der Waals surface area contributed by atoms with E-state index in [0.717, 1.165) is 35.3 Å². The Kier molecular flexibility index (Phi) is 12.0. The number of carbonyl (C=O) groups is 1. The van der Waals surface area contributed by atoms with Crippen molar-refractivity contribution >= 4 is 52.0 Å². The molecule has 1 aliphatic heterocycles. The molecule has 0 atom stereocenters. The van der Waals surface area contributed by atoms with E-state index in [2.05, 4.69) is 63.6 Å². The predicted octanol–water partition coefficient (Wildman–Crippen LogP) is 6.69. The molecule has 26 heavy (non-hydrogen) atoms. The summed E-state index contributed by atoms with van der Waals surface area (Å²) in [4.78, 5) is 12.1. The zero-order valence-electron chi connectivity index (χ0n) is 15.8. The second-order valence-electron chi connectivity index (χ2n) is 6.23. The summed E-state index contributed by atoms with van der Waals surface area (Å²) in [6.45, 7) is 11.5. The van der Waals surface area contributed by atoms with Gasteiger partial charge in [0.1, 0.15) is 5.76 Å². The third-order valence-corrected chi connectivity index (χ3v) is 6.71. The maximum absolute atomic E-state index is 12.1. The van der Waals surface area contributed by atoms with Gasteiger partial charge >= 0.3 is 5.97 Å². The van der Waals surface area contributed by atoms with Crippen LogP contribution in [0.3, 0.4) is 0 Å². The van der Waals surface area contributed by atoms with E-state index in [1.165, 1.54) is 16.7 Å². The first-order chi connectivity index (χ1) is 12.4. The molecule has 1 aliphatic rings. The molecule has 1 saturated heterocycles. The van der Waals surface area contributed by atoms with E-state index >= 15 is 0 Å². The van der Waals surface area contributed by atoms with Gasteiger partial charge in [0, 0.05) is 23.9 Å². The molecule has 0 aliphatic carbocycles. The highest BCUT2D eigenvalue weighted by atomic mass is 127. The van der Waals surface area contributed by atoms with Gasteiger partial charge in [-0.3, -0.25) is 0 Å². The Bertz CT molecular complexity index is 608. The monoisotopic (exact) mass is 554 g/mol. The fourth-order valence-electron chi connectivity index (χ4n) is 2.83. The maximum Gasteiger partial charge on any atom is 0.337 e. The van der Waals surface area contributed by atoms with Gasteiger partial charge in [0.05, 0.1) is 18.8 Å². The lowest BCUT2D eigenvalue weighted by molar-refractivity contribution is -0.135. The molecule has 0 aromatic heterocycles. The Morgan fingerprint density at radius 3 is 2.69 bits per heavy atom. The van der Waals surface area contributed by atoms with Crippen molar-refractivity contribution in [1.82, 2.24) is 0 Å². The zero-order valence-corrected chi connectivity index (χ0v) is 20.4. The summed E-state index contributed by atoms with van der Waals surface area (Å²) >= 11 is 5.76. The van der Waals surface area contributed by atoms with Crippen LogP contribution in [0.5, 0.6) is 0 Å². The van der Waals surface area contributed by atoms with Crippen molar-refractivity contribution in [2.24, 2.45) is 0 Å². The molecule has 0 spiro atoms. The molecule has 1 rings (SSSR count). The van der Waals surface area contributed by atoms with Crippen LogP contribution in [-0.2, 0) is 14.3 Å². The van der Waals surface area contributed by atoms with E-state index in [1.54, 1.807) is 8.93 Å². The lowest BCUT2D eigenvalue weighted by atomic mass is 9.92. The van der Waals surface area contributed by atoms with E-state index in [1.807, 2.05) is 6.92 Å². The van der Waals surface area contributed by atoms with Gasteiger partial charge in [-0.15, -0.1) is 0 Å². The highest BCUT2D eigenvalue weighted by Crippen LogP contribution is 2.30. The number of cyclic esters (lactones) is 1. The molecule has 0 unspecified atom stereocenters. The van der Waals surface area contributed by atoms with E-state index in [4.69, 9.17) is 9.47 Å². The van der Waals surface area contributed by atoms with Crippen LogP contribution in [0.1, 0.15) is 46.5 Å². The quantitative estimate of drug-likeness (QED) is 0.0416. The van der Waals surface area contributed by atoms with Crippen LogP contribution in [0.25, 0.3) is 0 Å². The second kappa shape index (κ2) is 13.0. The number of carbonyl (C=O) groups excluding carboxylic acids is 1. The van der Waals surface area contributed by atoms with Crippen LogP contribution in [0.2, 0.25) is 0 Å². The molecule has 0 amide bonds. The number of rotatable bonds is 11. The number of hydrogen-bond donors (Lipinski definition) is 0.